The standard InChI is InChI=1S/C21H22N2O3/c24-20(22-17-7-2-1-3-8-17)16-6-4-5-15(11-16)18-12-19(18)23-21(25)26-13-14-9-10-14/h1-8,11,14,18-19H,9-10,12-13H2,(H,22,24)(H,23,25)/t18-,19+/m0/s1. The predicted molar refractivity (Wildman–Crippen MR) is 99.2 cm³/mol. The van der Waals surface area contributed by atoms with Gasteiger partial charge in [0.2, 0.25) is 0 Å². The summed E-state index contributed by atoms with van der Waals surface area (Å²) in [5.41, 5.74) is 2.46. The number of para-hydroxylation sites is 1. The molecule has 0 aromatic heterocycles. The number of benzene rings is 2. The zero-order valence-corrected chi connectivity index (χ0v) is 14.5. The van der Waals surface area contributed by atoms with E-state index >= 15 is 0 Å². The molecule has 2 aliphatic carbocycles. The van der Waals surface area contributed by atoms with Crippen molar-refractivity contribution < 1.29 is 14.3 Å². The van der Waals surface area contributed by atoms with Gasteiger partial charge in [-0.25, -0.2) is 4.79 Å². The number of carbonyl (C=O) groups is 2. The van der Waals surface area contributed by atoms with Crippen molar-refractivity contribution in [1.82, 2.24) is 5.32 Å². The van der Waals surface area contributed by atoms with Gasteiger partial charge in [-0.05, 0) is 55.0 Å². The van der Waals surface area contributed by atoms with Crippen LogP contribution in [0.15, 0.2) is 54.6 Å². The highest BCUT2D eigenvalue weighted by Crippen LogP contribution is 2.41. The normalized spacial score (nSPS) is 20.9. The highest BCUT2D eigenvalue weighted by molar-refractivity contribution is 6.04. The summed E-state index contributed by atoms with van der Waals surface area (Å²) >= 11 is 0. The van der Waals surface area contributed by atoms with Crippen molar-refractivity contribution in [1.29, 1.82) is 0 Å². The van der Waals surface area contributed by atoms with Gasteiger partial charge in [0.25, 0.3) is 5.91 Å². The van der Waals surface area contributed by atoms with E-state index in [0.717, 1.165) is 30.5 Å². The maximum atomic E-state index is 12.4. The van der Waals surface area contributed by atoms with Crippen molar-refractivity contribution in [3.63, 3.8) is 0 Å². The molecule has 2 aliphatic rings. The van der Waals surface area contributed by atoms with Crippen LogP contribution in [-0.2, 0) is 4.74 Å². The van der Waals surface area contributed by atoms with Gasteiger partial charge < -0.3 is 15.4 Å². The van der Waals surface area contributed by atoms with E-state index in [4.69, 9.17) is 4.74 Å². The minimum Gasteiger partial charge on any atom is -0.449 e. The molecule has 2 N–H and O–H groups in total. The fourth-order valence-corrected chi connectivity index (χ4v) is 3.03. The average Bonchev–Trinajstić information content (AvgIpc) is 3.57. The number of hydrogen-bond acceptors (Lipinski definition) is 3. The number of alkyl carbamates (subject to hydrolysis) is 1. The van der Waals surface area contributed by atoms with E-state index in [9.17, 15) is 9.59 Å². The summed E-state index contributed by atoms with van der Waals surface area (Å²) in [6.07, 6.45) is 2.87. The lowest BCUT2D eigenvalue weighted by Gasteiger charge is -2.08. The lowest BCUT2D eigenvalue weighted by molar-refractivity contribution is 0.102. The van der Waals surface area contributed by atoms with Gasteiger partial charge >= 0.3 is 6.09 Å². The molecule has 0 saturated heterocycles. The van der Waals surface area contributed by atoms with Crippen LogP contribution in [0.1, 0.15) is 41.1 Å². The second-order valence-corrected chi connectivity index (χ2v) is 7.08. The quantitative estimate of drug-likeness (QED) is 0.829. The second kappa shape index (κ2) is 7.20. The zero-order chi connectivity index (χ0) is 17.9. The molecule has 26 heavy (non-hydrogen) atoms. The molecule has 2 atom stereocenters. The van der Waals surface area contributed by atoms with Crippen LogP contribution in [0.4, 0.5) is 10.5 Å². The minimum absolute atomic E-state index is 0.0918. The summed E-state index contributed by atoms with van der Waals surface area (Å²) in [4.78, 5) is 24.2. The van der Waals surface area contributed by atoms with Crippen LogP contribution < -0.4 is 10.6 Å². The largest absolute Gasteiger partial charge is 0.449 e. The van der Waals surface area contributed by atoms with Crippen molar-refractivity contribution >= 4 is 17.7 Å². The van der Waals surface area contributed by atoms with Gasteiger partial charge in [0, 0.05) is 23.2 Å². The molecule has 134 valence electrons. The first-order chi connectivity index (χ1) is 12.7. The van der Waals surface area contributed by atoms with Gasteiger partial charge in [-0.15, -0.1) is 0 Å². The van der Waals surface area contributed by atoms with Crippen molar-refractivity contribution in [2.24, 2.45) is 5.92 Å². The topological polar surface area (TPSA) is 67.4 Å². The molecule has 5 nitrogen and oxygen atoms in total. The maximum Gasteiger partial charge on any atom is 0.407 e. The fraction of sp³-hybridized carbons (Fsp3) is 0.333. The van der Waals surface area contributed by atoms with Crippen molar-refractivity contribution in [2.75, 3.05) is 11.9 Å². The highest BCUT2D eigenvalue weighted by Gasteiger charge is 2.40. The number of nitrogens with one attached hydrogen (secondary N) is 2. The van der Waals surface area contributed by atoms with E-state index in [1.807, 2.05) is 48.5 Å². The Balaban J connectivity index is 1.33. The highest BCUT2D eigenvalue weighted by atomic mass is 16.5. The summed E-state index contributed by atoms with van der Waals surface area (Å²) < 4.78 is 5.22. The lowest BCUT2D eigenvalue weighted by atomic mass is 10.1. The zero-order valence-electron chi connectivity index (χ0n) is 14.5. The number of anilines is 1. The minimum atomic E-state index is -0.331. The molecule has 2 aromatic rings. The Bertz CT molecular complexity index is 802. The molecule has 0 bridgehead atoms. The van der Waals surface area contributed by atoms with E-state index in [2.05, 4.69) is 10.6 Å². The Morgan fingerprint density at radius 2 is 1.85 bits per heavy atom. The van der Waals surface area contributed by atoms with E-state index in [-0.39, 0.29) is 24.0 Å². The molecule has 0 aliphatic heterocycles. The predicted octanol–water partition coefficient (Wildman–Crippen LogP) is 3.93. The smallest absolute Gasteiger partial charge is 0.407 e. The first kappa shape index (κ1) is 16.6. The van der Waals surface area contributed by atoms with E-state index in [1.165, 1.54) is 0 Å². The SMILES string of the molecule is O=C(N[C@@H]1C[C@H]1c1cccc(C(=O)Nc2ccccc2)c1)OCC1CC1. The molecule has 2 aromatic carbocycles. The molecule has 0 heterocycles. The molecule has 2 amide bonds. The average molecular weight is 350 g/mol. The van der Waals surface area contributed by atoms with Crippen LogP contribution in [-0.4, -0.2) is 24.6 Å². The molecule has 0 spiro atoms. The third-order valence-electron chi connectivity index (χ3n) is 4.85. The maximum absolute atomic E-state index is 12.4. The van der Waals surface area contributed by atoms with Crippen molar-refractivity contribution in [3.05, 3.63) is 65.7 Å². The van der Waals surface area contributed by atoms with Gasteiger partial charge in [0.05, 0.1) is 6.61 Å². The first-order valence-corrected chi connectivity index (χ1v) is 9.09. The number of carbonyl (C=O) groups excluding carboxylic acids is 2. The molecular formula is C21H22N2O3. The third kappa shape index (κ3) is 4.23. The summed E-state index contributed by atoms with van der Waals surface area (Å²) in [7, 11) is 0. The fourth-order valence-electron chi connectivity index (χ4n) is 3.03. The monoisotopic (exact) mass is 350 g/mol. The molecule has 2 saturated carbocycles. The summed E-state index contributed by atoms with van der Waals surface area (Å²) in [6.45, 7) is 0.526. The van der Waals surface area contributed by atoms with Crippen LogP contribution in [0, 0.1) is 5.92 Å². The van der Waals surface area contributed by atoms with Crippen LogP contribution in [0.3, 0.4) is 0 Å². The Morgan fingerprint density at radius 3 is 2.62 bits per heavy atom. The van der Waals surface area contributed by atoms with Crippen LogP contribution in [0.2, 0.25) is 0 Å². The summed E-state index contributed by atoms with van der Waals surface area (Å²) in [5, 5.41) is 5.81. The molecule has 2 fully saturated rings. The van der Waals surface area contributed by atoms with Crippen molar-refractivity contribution in [2.45, 2.75) is 31.2 Å². The Morgan fingerprint density at radius 1 is 1.04 bits per heavy atom. The van der Waals surface area contributed by atoms with Crippen molar-refractivity contribution in [3.8, 4) is 0 Å². The first-order valence-electron chi connectivity index (χ1n) is 9.09. The Kier molecular flexibility index (Phi) is 4.61. The summed E-state index contributed by atoms with van der Waals surface area (Å²) in [6, 6.07) is 17.1. The third-order valence-corrected chi connectivity index (χ3v) is 4.85. The van der Waals surface area contributed by atoms with Gasteiger partial charge in [-0.2, -0.15) is 0 Å². The van der Waals surface area contributed by atoms with E-state index < -0.39 is 0 Å². The number of rotatable bonds is 6. The molecular weight excluding hydrogens is 328 g/mol. The number of amides is 2. The van der Waals surface area contributed by atoms with Crippen LogP contribution in [0.5, 0.6) is 0 Å². The van der Waals surface area contributed by atoms with Gasteiger partial charge in [-0.1, -0.05) is 30.3 Å². The van der Waals surface area contributed by atoms with Crippen LogP contribution in [0.25, 0.3) is 0 Å². The number of ether oxygens (including phenoxy) is 1. The Hall–Kier alpha value is -2.82. The Labute approximate surface area is 152 Å². The molecule has 0 unspecified atom stereocenters. The second-order valence-electron chi connectivity index (χ2n) is 7.08. The lowest BCUT2D eigenvalue weighted by Crippen LogP contribution is -2.28. The van der Waals surface area contributed by atoms with E-state index in [0.29, 0.717) is 18.1 Å². The summed E-state index contributed by atoms with van der Waals surface area (Å²) in [5.74, 6) is 0.676. The molecule has 0 radical (unpaired) electrons. The molecule has 4 rings (SSSR count). The van der Waals surface area contributed by atoms with Gasteiger partial charge in [0.15, 0.2) is 0 Å². The van der Waals surface area contributed by atoms with E-state index in [1.54, 1.807) is 6.07 Å². The van der Waals surface area contributed by atoms with Gasteiger partial charge in [-0.3, -0.25) is 4.79 Å². The van der Waals surface area contributed by atoms with Gasteiger partial charge in [0.1, 0.15) is 0 Å². The van der Waals surface area contributed by atoms with Crippen LogP contribution >= 0.6 is 0 Å². The molecule has 5 heteroatoms. The number of hydrogen-bond donors (Lipinski definition) is 2.